The van der Waals surface area contributed by atoms with Gasteiger partial charge in [-0.3, -0.25) is 14.5 Å². The second-order valence-electron chi connectivity index (χ2n) is 1.56. The number of carbonyl (C=O) groups excluding carboxylic acids is 2. The highest BCUT2D eigenvalue weighted by Crippen LogP contribution is 2.16. The fourth-order valence-corrected chi connectivity index (χ4v) is 0.887. The number of rotatable bonds is 0. The molecule has 1 aliphatic rings. The van der Waals surface area contributed by atoms with Crippen molar-refractivity contribution in [2.75, 3.05) is 0 Å². The third-order valence-electron chi connectivity index (χ3n) is 0.966. The van der Waals surface area contributed by atoms with Gasteiger partial charge < -0.3 is 0 Å². The fourth-order valence-electron chi connectivity index (χ4n) is 0.477. The second-order valence-corrected chi connectivity index (χ2v) is 2.42. The van der Waals surface area contributed by atoms with E-state index in [2.05, 4.69) is 23.0 Å². The first-order valence-corrected chi connectivity index (χ1v) is 2.98. The Morgan fingerprint density at radius 3 is 2.22 bits per heavy atom. The average Bonchev–Trinajstić information content (AvgIpc) is 1.98. The molecule has 0 bridgehead atoms. The van der Waals surface area contributed by atoms with Crippen molar-refractivity contribution in [1.82, 2.24) is 4.90 Å². The molecule has 0 spiro atoms. The maximum Gasteiger partial charge on any atom is 0.268 e. The molecule has 0 saturated heterocycles. The lowest BCUT2D eigenvalue weighted by molar-refractivity contribution is -0.133. The van der Waals surface area contributed by atoms with E-state index >= 15 is 0 Å². The molecule has 0 unspecified atom stereocenters. The number of halogens is 1. The van der Waals surface area contributed by atoms with Crippen molar-refractivity contribution in [2.24, 2.45) is 0 Å². The monoisotopic (exact) mass is 188 g/mol. The van der Waals surface area contributed by atoms with Crippen LogP contribution in [0, 0.1) is 7.05 Å². The van der Waals surface area contributed by atoms with Crippen LogP contribution in [-0.4, -0.2) is 16.7 Å². The Morgan fingerprint density at radius 1 is 1.56 bits per heavy atom. The number of hydrogen-bond donors (Lipinski definition) is 0. The molecule has 2 amide bonds. The summed E-state index contributed by atoms with van der Waals surface area (Å²) >= 11 is 2.89. The first-order chi connectivity index (χ1) is 4.13. The van der Waals surface area contributed by atoms with Gasteiger partial charge in [-0.25, -0.2) is 0 Å². The van der Waals surface area contributed by atoms with E-state index in [-0.39, 0.29) is 16.3 Å². The summed E-state index contributed by atoms with van der Waals surface area (Å²) in [5, 5.41) is 0. The molecule has 1 heterocycles. The predicted molar refractivity (Wildman–Crippen MR) is 34.2 cm³/mol. The molecule has 0 fully saturated rings. The SMILES string of the molecule is [CH2]N1C(=O)C=C(Br)C1=O. The number of carbonyl (C=O) groups is 2. The third kappa shape index (κ3) is 0.896. The minimum atomic E-state index is -0.389. The minimum Gasteiger partial charge on any atom is -0.273 e. The molecule has 47 valence electrons. The quantitative estimate of drug-likeness (QED) is 0.518. The second kappa shape index (κ2) is 1.95. The molecular weight excluding hydrogens is 186 g/mol. The summed E-state index contributed by atoms with van der Waals surface area (Å²) in [5.74, 6) is -0.771. The molecule has 0 aromatic rings. The first-order valence-electron chi connectivity index (χ1n) is 2.19. The van der Waals surface area contributed by atoms with Crippen LogP contribution >= 0.6 is 15.9 Å². The number of hydrogen-bond acceptors (Lipinski definition) is 2. The van der Waals surface area contributed by atoms with Gasteiger partial charge in [0.25, 0.3) is 11.8 Å². The minimum absolute atomic E-state index is 0.266. The summed E-state index contributed by atoms with van der Waals surface area (Å²) in [4.78, 5) is 22.0. The third-order valence-corrected chi connectivity index (χ3v) is 1.53. The van der Waals surface area contributed by atoms with Crippen molar-refractivity contribution in [3.63, 3.8) is 0 Å². The van der Waals surface area contributed by atoms with Crippen LogP contribution in [0.4, 0.5) is 0 Å². The van der Waals surface area contributed by atoms with Gasteiger partial charge in [0.05, 0.1) is 4.48 Å². The van der Waals surface area contributed by atoms with E-state index in [1.807, 2.05) is 0 Å². The van der Waals surface area contributed by atoms with Gasteiger partial charge in [-0.1, -0.05) is 0 Å². The van der Waals surface area contributed by atoms with Crippen molar-refractivity contribution in [1.29, 1.82) is 0 Å². The zero-order valence-electron chi connectivity index (χ0n) is 4.43. The number of nitrogens with zero attached hydrogens (tertiary/aromatic N) is 1. The van der Waals surface area contributed by atoms with E-state index < -0.39 is 0 Å². The van der Waals surface area contributed by atoms with Crippen LogP contribution in [0.5, 0.6) is 0 Å². The highest BCUT2D eigenvalue weighted by atomic mass is 79.9. The van der Waals surface area contributed by atoms with Crippen LogP contribution in [-0.2, 0) is 9.59 Å². The molecule has 0 atom stereocenters. The van der Waals surface area contributed by atoms with Gasteiger partial charge >= 0.3 is 0 Å². The Bertz CT molecular complexity index is 209. The van der Waals surface area contributed by atoms with Crippen LogP contribution in [0.25, 0.3) is 0 Å². The van der Waals surface area contributed by atoms with E-state index in [9.17, 15) is 9.59 Å². The Balaban J connectivity index is 2.95. The molecule has 0 aromatic carbocycles. The fraction of sp³-hybridized carbons (Fsp3) is 0. The lowest BCUT2D eigenvalue weighted by atomic mass is 10.6. The van der Waals surface area contributed by atoms with Crippen molar-refractivity contribution in [3.05, 3.63) is 17.6 Å². The van der Waals surface area contributed by atoms with Crippen LogP contribution in [0.2, 0.25) is 0 Å². The maximum atomic E-state index is 10.6. The Morgan fingerprint density at radius 2 is 2.11 bits per heavy atom. The van der Waals surface area contributed by atoms with E-state index in [1.165, 1.54) is 6.08 Å². The van der Waals surface area contributed by atoms with Gasteiger partial charge in [-0.15, -0.1) is 0 Å². The summed E-state index contributed by atoms with van der Waals surface area (Å²) in [5.41, 5.74) is 0. The molecule has 0 aliphatic carbocycles. The smallest absolute Gasteiger partial charge is 0.268 e. The standard InChI is InChI=1S/C5H3BrNO2/c1-7-4(8)2-3(6)5(7)9/h2H,1H2. The molecule has 1 aliphatic heterocycles. The van der Waals surface area contributed by atoms with Gasteiger partial charge in [0.2, 0.25) is 0 Å². The van der Waals surface area contributed by atoms with Crippen LogP contribution in [0.3, 0.4) is 0 Å². The summed E-state index contributed by atoms with van der Waals surface area (Å²) < 4.78 is 0.266. The molecule has 1 radical (unpaired) electrons. The molecule has 9 heavy (non-hydrogen) atoms. The molecule has 4 heteroatoms. The van der Waals surface area contributed by atoms with Crippen molar-refractivity contribution >= 4 is 27.7 Å². The summed E-state index contributed by atoms with van der Waals surface area (Å²) in [7, 11) is 3.20. The highest BCUT2D eigenvalue weighted by Gasteiger charge is 2.25. The molecule has 1 rings (SSSR count). The Hall–Kier alpha value is -0.640. The Labute approximate surface area is 60.5 Å². The van der Waals surface area contributed by atoms with Crippen molar-refractivity contribution in [2.45, 2.75) is 0 Å². The lowest BCUT2D eigenvalue weighted by Crippen LogP contribution is -2.22. The molecule has 0 saturated carbocycles. The molecule has 3 nitrogen and oxygen atoms in total. The van der Waals surface area contributed by atoms with E-state index in [0.717, 1.165) is 4.90 Å². The van der Waals surface area contributed by atoms with Gasteiger partial charge in [0.1, 0.15) is 0 Å². The molecule has 0 aromatic heterocycles. The zero-order valence-corrected chi connectivity index (χ0v) is 6.01. The van der Waals surface area contributed by atoms with E-state index in [4.69, 9.17) is 0 Å². The highest BCUT2D eigenvalue weighted by molar-refractivity contribution is 9.12. The maximum absolute atomic E-state index is 10.6. The summed E-state index contributed by atoms with van der Waals surface area (Å²) in [6.45, 7) is 0. The van der Waals surface area contributed by atoms with Crippen LogP contribution in [0.15, 0.2) is 10.6 Å². The van der Waals surface area contributed by atoms with E-state index in [0.29, 0.717) is 0 Å². The van der Waals surface area contributed by atoms with Crippen molar-refractivity contribution < 1.29 is 9.59 Å². The molecular formula is C5H3BrNO2. The largest absolute Gasteiger partial charge is 0.273 e. The van der Waals surface area contributed by atoms with Gasteiger partial charge in [0, 0.05) is 13.1 Å². The first kappa shape index (κ1) is 6.48. The molecule has 0 N–H and O–H groups in total. The predicted octanol–water partition coefficient (Wildman–Crippen LogP) is 0.426. The van der Waals surface area contributed by atoms with Crippen molar-refractivity contribution in [3.8, 4) is 0 Å². The lowest BCUT2D eigenvalue weighted by Gasteiger charge is -2.02. The van der Waals surface area contributed by atoms with Gasteiger partial charge in [-0.05, 0) is 15.9 Å². The van der Waals surface area contributed by atoms with Gasteiger partial charge in [0.15, 0.2) is 0 Å². The van der Waals surface area contributed by atoms with E-state index in [1.54, 1.807) is 0 Å². The number of imide groups is 1. The van der Waals surface area contributed by atoms with Crippen LogP contribution in [0.1, 0.15) is 0 Å². The summed E-state index contributed by atoms with van der Waals surface area (Å²) in [6, 6.07) is 0. The zero-order chi connectivity index (χ0) is 7.02. The topological polar surface area (TPSA) is 37.4 Å². The van der Waals surface area contributed by atoms with Gasteiger partial charge in [-0.2, -0.15) is 0 Å². The number of amides is 2. The Kier molecular flexibility index (Phi) is 1.40. The average molecular weight is 189 g/mol. The normalized spacial score (nSPS) is 18.9. The van der Waals surface area contributed by atoms with Crippen LogP contribution < -0.4 is 0 Å². The summed E-state index contributed by atoms with van der Waals surface area (Å²) in [6.07, 6.45) is 1.19.